The van der Waals surface area contributed by atoms with Crippen LogP contribution in [0, 0.1) is 0 Å². The molecule has 0 aromatic heterocycles. The van der Waals surface area contributed by atoms with Crippen LogP contribution in [0.25, 0.3) is 0 Å². The minimum absolute atomic E-state index is 0.279. The maximum absolute atomic E-state index is 5.88. The first-order valence-electron chi connectivity index (χ1n) is 6.52. The van der Waals surface area contributed by atoms with Crippen LogP contribution in [0.2, 0.25) is 5.02 Å². The summed E-state index contributed by atoms with van der Waals surface area (Å²) in [5.41, 5.74) is 5.50. The SMILES string of the molecule is NNC(CCc1ccccc1)Cc1ccc(Cl)cc1. The molecule has 2 nitrogen and oxygen atoms in total. The van der Waals surface area contributed by atoms with Gasteiger partial charge in [0, 0.05) is 11.1 Å². The molecule has 1 unspecified atom stereocenters. The van der Waals surface area contributed by atoms with Gasteiger partial charge in [0.05, 0.1) is 0 Å². The summed E-state index contributed by atoms with van der Waals surface area (Å²) in [6.45, 7) is 0. The van der Waals surface area contributed by atoms with Crippen LogP contribution in [-0.4, -0.2) is 6.04 Å². The lowest BCUT2D eigenvalue weighted by Gasteiger charge is -2.16. The van der Waals surface area contributed by atoms with Crippen molar-refractivity contribution in [1.82, 2.24) is 5.43 Å². The number of benzene rings is 2. The van der Waals surface area contributed by atoms with E-state index in [0.717, 1.165) is 24.3 Å². The largest absolute Gasteiger partial charge is 0.271 e. The Balaban J connectivity index is 1.88. The molecule has 19 heavy (non-hydrogen) atoms. The fraction of sp³-hybridized carbons (Fsp3) is 0.250. The molecular formula is C16H19ClN2. The summed E-state index contributed by atoms with van der Waals surface area (Å²) in [5, 5.41) is 0.769. The highest BCUT2D eigenvalue weighted by Crippen LogP contribution is 2.13. The molecule has 0 spiro atoms. The maximum atomic E-state index is 5.88. The van der Waals surface area contributed by atoms with Gasteiger partial charge in [0.25, 0.3) is 0 Å². The third kappa shape index (κ3) is 4.67. The lowest BCUT2D eigenvalue weighted by Crippen LogP contribution is -2.37. The Morgan fingerprint density at radius 1 is 0.947 bits per heavy atom. The van der Waals surface area contributed by atoms with Gasteiger partial charge >= 0.3 is 0 Å². The molecule has 0 bridgehead atoms. The van der Waals surface area contributed by atoms with E-state index in [1.54, 1.807) is 0 Å². The number of rotatable bonds is 6. The van der Waals surface area contributed by atoms with Crippen LogP contribution in [0.5, 0.6) is 0 Å². The van der Waals surface area contributed by atoms with Crippen LogP contribution in [0.4, 0.5) is 0 Å². The molecule has 0 aliphatic rings. The predicted molar refractivity (Wildman–Crippen MR) is 81.0 cm³/mol. The van der Waals surface area contributed by atoms with Crippen molar-refractivity contribution in [2.45, 2.75) is 25.3 Å². The molecule has 2 rings (SSSR count). The molecule has 0 aliphatic heterocycles. The average Bonchev–Trinajstić information content (AvgIpc) is 2.46. The van der Waals surface area contributed by atoms with Crippen molar-refractivity contribution in [3.63, 3.8) is 0 Å². The Labute approximate surface area is 119 Å². The molecule has 0 saturated heterocycles. The second-order valence-electron chi connectivity index (χ2n) is 4.72. The molecule has 3 N–H and O–H groups in total. The molecule has 0 amide bonds. The van der Waals surface area contributed by atoms with Crippen molar-refractivity contribution in [3.05, 3.63) is 70.7 Å². The Morgan fingerprint density at radius 3 is 2.26 bits per heavy atom. The average molecular weight is 275 g/mol. The van der Waals surface area contributed by atoms with Gasteiger partial charge in [-0.15, -0.1) is 0 Å². The molecule has 0 fully saturated rings. The number of nitrogens with one attached hydrogen (secondary N) is 1. The fourth-order valence-electron chi connectivity index (χ4n) is 2.13. The van der Waals surface area contributed by atoms with Gasteiger partial charge in [-0.1, -0.05) is 54.1 Å². The molecule has 100 valence electrons. The van der Waals surface area contributed by atoms with Crippen molar-refractivity contribution in [2.24, 2.45) is 5.84 Å². The topological polar surface area (TPSA) is 38.0 Å². The van der Waals surface area contributed by atoms with Crippen LogP contribution >= 0.6 is 11.6 Å². The van der Waals surface area contributed by atoms with Crippen LogP contribution in [0.1, 0.15) is 17.5 Å². The van der Waals surface area contributed by atoms with Crippen LogP contribution in [0.15, 0.2) is 54.6 Å². The molecule has 0 saturated carbocycles. The Hall–Kier alpha value is -1.35. The van der Waals surface area contributed by atoms with Gasteiger partial charge in [-0.2, -0.15) is 0 Å². The fourth-order valence-corrected chi connectivity index (χ4v) is 2.26. The van der Waals surface area contributed by atoms with Gasteiger partial charge < -0.3 is 0 Å². The zero-order valence-electron chi connectivity index (χ0n) is 10.9. The van der Waals surface area contributed by atoms with E-state index in [-0.39, 0.29) is 6.04 Å². The normalized spacial score (nSPS) is 12.3. The van der Waals surface area contributed by atoms with Crippen molar-refractivity contribution in [3.8, 4) is 0 Å². The van der Waals surface area contributed by atoms with E-state index in [0.29, 0.717) is 0 Å². The number of nitrogens with two attached hydrogens (primary N) is 1. The van der Waals surface area contributed by atoms with E-state index in [4.69, 9.17) is 17.4 Å². The van der Waals surface area contributed by atoms with Gasteiger partial charge in [-0.05, 0) is 42.5 Å². The van der Waals surface area contributed by atoms with Gasteiger partial charge in [0.15, 0.2) is 0 Å². The zero-order valence-corrected chi connectivity index (χ0v) is 11.6. The second kappa shape index (κ2) is 7.29. The maximum Gasteiger partial charge on any atom is 0.0406 e. The predicted octanol–water partition coefficient (Wildman–Crippen LogP) is 3.35. The first-order valence-corrected chi connectivity index (χ1v) is 6.90. The summed E-state index contributed by atoms with van der Waals surface area (Å²) < 4.78 is 0. The summed E-state index contributed by atoms with van der Waals surface area (Å²) >= 11 is 5.88. The minimum atomic E-state index is 0.279. The first kappa shape index (κ1) is 14.1. The summed E-state index contributed by atoms with van der Waals surface area (Å²) in [5.74, 6) is 5.64. The molecule has 0 aliphatic carbocycles. The van der Waals surface area contributed by atoms with Crippen molar-refractivity contribution in [1.29, 1.82) is 0 Å². The second-order valence-corrected chi connectivity index (χ2v) is 5.15. The lowest BCUT2D eigenvalue weighted by atomic mass is 9.99. The number of aryl methyl sites for hydroxylation is 1. The monoisotopic (exact) mass is 274 g/mol. The number of hydrogen-bond acceptors (Lipinski definition) is 2. The van der Waals surface area contributed by atoms with E-state index in [9.17, 15) is 0 Å². The molecule has 1 atom stereocenters. The Morgan fingerprint density at radius 2 is 1.63 bits per heavy atom. The molecule has 2 aromatic rings. The third-order valence-electron chi connectivity index (χ3n) is 3.26. The van der Waals surface area contributed by atoms with Gasteiger partial charge in [-0.3, -0.25) is 11.3 Å². The van der Waals surface area contributed by atoms with Crippen LogP contribution in [0.3, 0.4) is 0 Å². The molecule has 0 radical (unpaired) electrons. The van der Waals surface area contributed by atoms with Crippen molar-refractivity contribution < 1.29 is 0 Å². The van der Waals surface area contributed by atoms with Crippen LogP contribution < -0.4 is 11.3 Å². The van der Waals surface area contributed by atoms with Crippen LogP contribution in [-0.2, 0) is 12.8 Å². The van der Waals surface area contributed by atoms with E-state index in [1.807, 2.05) is 18.2 Å². The summed E-state index contributed by atoms with van der Waals surface area (Å²) in [6.07, 6.45) is 2.97. The molecule has 2 aromatic carbocycles. The zero-order chi connectivity index (χ0) is 13.5. The van der Waals surface area contributed by atoms with Gasteiger partial charge in [0.1, 0.15) is 0 Å². The molecule has 3 heteroatoms. The molecular weight excluding hydrogens is 256 g/mol. The number of hydrazine groups is 1. The summed E-state index contributed by atoms with van der Waals surface area (Å²) in [4.78, 5) is 0. The first-order chi connectivity index (χ1) is 9.28. The van der Waals surface area contributed by atoms with E-state index in [1.165, 1.54) is 11.1 Å². The van der Waals surface area contributed by atoms with E-state index >= 15 is 0 Å². The summed E-state index contributed by atoms with van der Waals surface area (Å²) in [6, 6.07) is 18.7. The van der Waals surface area contributed by atoms with Gasteiger partial charge in [0.2, 0.25) is 0 Å². The number of hydrogen-bond donors (Lipinski definition) is 2. The number of halogens is 1. The summed E-state index contributed by atoms with van der Waals surface area (Å²) in [7, 11) is 0. The quantitative estimate of drug-likeness (QED) is 0.626. The molecule has 0 heterocycles. The highest BCUT2D eigenvalue weighted by atomic mass is 35.5. The van der Waals surface area contributed by atoms with Crippen molar-refractivity contribution in [2.75, 3.05) is 0 Å². The van der Waals surface area contributed by atoms with E-state index in [2.05, 4.69) is 41.8 Å². The van der Waals surface area contributed by atoms with Crippen molar-refractivity contribution >= 4 is 11.6 Å². The van der Waals surface area contributed by atoms with E-state index < -0.39 is 0 Å². The smallest absolute Gasteiger partial charge is 0.0406 e. The standard InChI is InChI=1S/C16H19ClN2/c17-15-9-6-14(7-10-15)12-16(19-18)11-8-13-4-2-1-3-5-13/h1-7,9-10,16,19H,8,11-12,18H2. The third-order valence-corrected chi connectivity index (χ3v) is 3.51. The lowest BCUT2D eigenvalue weighted by molar-refractivity contribution is 0.491. The minimum Gasteiger partial charge on any atom is -0.271 e. The Kier molecular flexibility index (Phi) is 5.40. The highest BCUT2D eigenvalue weighted by molar-refractivity contribution is 6.30. The Bertz CT molecular complexity index is 482. The highest BCUT2D eigenvalue weighted by Gasteiger charge is 2.08. The van der Waals surface area contributed by atoms with Gasteiger partial charge in [-0.25, -0.2) is 0 Å².